The summed E-state index contributed by atoms with van der Waals surface area (Å²) in [5, 5.41) is 6.02. The van der Waals surface area contributed by atoms with E-state index in [0.29, 0.717) is 6.54 Å². The summed E-state index contributed by atoms with van der Waals surface area (Å²) >= 11 is 1.63. The Bertz CT molecular complexity index is 418. The third kappa shape index (κ3) is 3.53. The smallest absolute Gasteiger partial charge is 0.227 e. The highest BCUT2D eigenvalue weighted by Gasteiger charge is 2.40. The molecule has 0 saturated heterocycles. The van der Waals surface area contributed by atoms with Crippen LogP contribution in [0.3, 0.4) is 0 Å². The van der Waals surface area contributed by atoms with Crippen molar-refractivity contribution < 1.29 is 4.79 Å². The second-order valence-corrected chi connectivity index (χ2v) is 6.77. The molecule has 4 nitrogen and oxygen atoms in total. The fourth-order valence-corrected chi connectivity index (χ4v) is 1.99. The molecule has 0 aliphatic rings. The highest BCUT2D eigenvalue weighted by atomic mass is 32.1. The molecule has 1 heterocycles. The minimum absolute atomic E-state index is 0.0121. The van der Waals surface area contributed by atoms with Gasteiger partial charge in [-0.2, -0.15) is 0 Å². The summed E-state index contributed by atoms with van der Waals surface area (Å²) in [6.45, 7) is 10.1. The van der Waals surface area contributed by atoms with Crippen LogP contribution in [0.5, 0.6) is 0 Å². The maximum Gasteiger partial charge on any atom is 0.227 e. The van der Waals surface area contributed by atoms with E-state index < -0.39 is 11.0 Å². The molecule has 0 spiro atoms. The van der Waals surface area contributed by atoms with Gasteiger partial charge in [0.15, 0.2) is 0 Å². The number of amides is 1. The van der Waals surface area contributed by atoms with Crippen LogP contribution in [-0.4, -0.2) is 23.0 Å². The van der Waals surface area contributed by atoms with Crippen molar-refractivity contribution in [3.63, 3.8) is 0 Å². The van der Waals surface area contributed by atoms with Gasteiger partial charge in [-0.3, -0.25) is 4.79 Å². The quantitative estimate of drug-likeness (QED) is 0.857. The van der Waals surface area contributed by atoms with Gasteiger partial charge in [0.2, 0.25) is 5.91 Å². The number of aryl methyl sites for hydroxylation is 1. The molecule has 0 radical (unpaired) electrons. The Kier molecular flexibility index (Phi) is 4.50. The van der Waals surface area contributed by atoms with E-state index in [1.807, 2.05) is 40.0 Å². The molecule has 1 rings (SSSR count). The Morgan fingerprint density at radius 1 is 1.44 bits per heavy atom. The Morgan fingerprint density at radius 3 is 2.50 bits per heavy atom. The first kappa shape index (κ1) is 15.1. The largest absolute Gasteiger partial charge is 0.355 e. The van der Waals surface area contributed by atoms with E-state index in [2.05, 4.69) is 10.3 Å². The molecule has 102 valence electrons. The number of nitrogens with one attached hydrogen (secondary N) is 1. The minimum atomic E-state index is -0.592. The number of aromatic nitrogens is 1. The maximum atomic E-state index is 12.1. The van der Waals surface area contributed by atoms with E-state index in [1.54, 1.807) is 11.3 Å². The number of thiazole rings is 1. The zero-order valence-corrected chi connectivity index (χ0v) is 12.6. The Hall–Kier alpha value is -0.940. The van der Waals surface area contributed by atoms with E-state index in [1.165, 1.54) is 0 Å². The molecule has 0 aliphatic carbocycles. The summed E-state index contributed by atoms with van der Waals surface area (Å²) < 4.78 is 0. The molecule has 5 heteroatoms. The lowest BCUT2D eigenvalue weighted by Gasteiger charge is -2.36. The van der Waals surface area contributed by atoms with Crippen molar-refractivity contribution in [2.75, 3.05) is 6.54 Å². The Labute approximate surface area is 113 Å². The van der Waals surface area contributed by atoms with Crippen molar-refractivity contribution in [2.45, 2.75) is 46.6 Å². The van der Waals surface area contributed by atoms with Crippen LogP contribution in [0.1, 0.15) is 38.4 Å². The van der Waals surface area contributed by atoms with Crippen LogP contribution in [0.2, 0.25) is 0 Å². The molecular weight excluding hydrogens is 246 g/mol. The normalized spacial score (nSPS) is 12.6. The van der Waals surface area contributed by atoms with Gasteiger partial charge in [0.1, 0.15) is 0 Å². The molecular formula is C13H23N3OS. The van der Waals surface area contributed by atoms with Gasteiger partial charge < -0.3 is 11.1 Å². The standard InChI is InChI=1S/C13H23N3OS/c1-9-16-10(8-18-9)6-7-15-11(17)12(2,3)13(4,5)14/h8H,6-7,14H2,1-5H3,(H,15,17). The predicted octanol–water partition coefficient (Wildman–Crippen LogP) is 1.87. The van der Waals surface area contributed by atoms with Crippen molar-refractivity contribution in [2.24, 2.45) is 11.1 Å². The van der Waals surface area contributed by atoms with Gasteiger partial charge in [0, 0.05) is 23.9 Å². The van der Waals surface area contributed by atoms with Crippen LogP contribution in [-0.2, 0) is 11.2 Å². The highest BCUT2D eigenvalue weighted by molar-refractivity contribution is 7.09. The molecule has 0 saturated carbocycles. The van der Waals surface area contributed by atoms with Gasteiger partial charge in [-0.05, 0) is 34.6 Å². The number of hydrogen-bond acceptors (Lipinski definition) is 4. The SMILES string of the molecule is Cc1nc(CCNC(=O)C(C)(C)C(C)(C)N)cs1. The van der Waals surface area contributed by atoms with Crippen LogP contribution in [0.15, 0.2) is 5.38 Å². The molecule has 0 aromatic carbocycles. The zero-order valence-electron chi connectivity index (χ0n) is 11.8. The Morgan fingerprint density at radius 2 is 2.06 bits per heavy atom. The lowest BCUT2D eigenvalue weighted by atomic mass is 9.74. The van der Waals surface area contributed by atoms with Crippen molar-refractivity contribution in [3.05, 3.63) is 16.1 Å². The summed E-state index contributed by atoms with van der Waals surface area (Å²) in [4.78, 5) is 16.5. The minimum Gasteiger partial charge on any atom is -0.355 e. The topological polar surface area (TPSA) is 68.0 Å². The predicted molar refractivity (Wildman–Crippen MR) is 75.6 cm³/mol. The number of hydrogen-bond donors (Lipinski definition) is 2. The molecule has 18 heavy (non-hydrogen) atoms. The first-order chi connectivity index (χ1) is 8.14. The zero-order chi connectivity index (χ0) is 14.0. The van der Waals surface area contributed by atoms with Crippen molar-refractivity contribution in [3.8, 4) is 0 Å². The summed E-state index contributed by atoms with van der Waals surface area (Å²) in [6.07, 6.45) is 0.761. The van der Waals surface area contributed by atoms with Gasteiger partial charge in [0.25, 0.3) is 0 Å². The molecule has 0 atom stereocenters. The van der Waals surface area contributed by atoms with Gasteiger partial charge in [-0.1, -0.05) is 0 Å². The van der Waals surface area contributed by atoms with Gasteiger partial charge >= 0.3 is 0 Å². The maximum absolute atomic E-state index is 12.1. The number of nitrogens with zero attached hydrogens (tertiary/aromatic N) is 1. The average molecular weight is 269 g/mol. The van der Waals surface area contributed by atoms with Gasteiger partial charge in [0.05, 0.1) is 16.1 Å². The van der Waals surface area contributed by atoms with E-state index in [4.69, 9.17) is 5.73 Å². The Balaban J connectivity index is 2.47. The third-order valence-electron chi connectivity index (χ3n) is 3.51. The summed E-state index contributed by atoms with van der Waals surface area (Å²) in [5.74, 6) is -0.0121. The second-order valence-electron chi connectivity index (χ2n) is 5.71. The van der Waals surface area contributed by atoms with E-state index in [9.17, 15) is 4.79 Å². The van der Waals surface area contributed by atoms with Crippen LogP contribution in [0, 0.1) is 12.3 Å². The van der Waals surface area contributed by atoms with E-state index in [0.717, 1.165) is 17.1 Å². The lowest BCUT2D eigenvalue weighted by molar-refractivity contribution is -0.132. The first-order valence-corrected chi connectivity index (χ1v) is 7.01. The van der Waals surface area contributed by atoms with Crippen molar-refractivity contribution in [1.82, 2.24) is 10.3 Å². The summed E-state index contributed by atoms with van der Waals surface area (Å²) in [5.41, 5.74) is 5.92. The molecule has 1 aromatic heterocycles. The molecule has 1 aromatic rings. The van der Waals surface area contributed by atoms with Gasteiger partial charge in [-0.15, -0.1) is 11.3 Å². The molecule has 0 aliphatic heterocycles. The third-order valence-corrected chi connectivity index (χ3v) is 4.33. The number of carbonyl (C=O) groups is 1. The van der Waals surface area contributed by atoms with E-state index in [-0.39, 0.29) is 5.91 Å². The van der Waals surface area contributed by atoms with Crippen LogP contribution < -0.4 is 11.1 Å². The summed E-state index contributed by atoms with van der Waals surface area (Å²) in [6, 6.07) is 0. The molecule has 1 amide bonds. The molecule has 0 fully saturated rings. The molecule has 0 unspecified atom stereocenters. The lowest BCUT2D eigenvalue weighted by Crippen LogP contribution is -2.55. The number of rotatable bonds is 5. The fourth-order valence-electron chi connectivity index (χ4n) is 1.34. The monoisotopic (exact) mass is 269 g/mol. The van der Waals surface area contributed by atoms with Crippen LogP contribution >= 0.6 is 11.3 Å². The fraction of sp³-hybridized carbons (Fsp3) is 0.692. The van der Waals surface area contributed by atoms with Crippen LogP contribution in [0.25, 0.3) is 0 Å². The van der Waals surface area contributed by atoms with Crippen molar-refractivity contribution in [1.29, 1.82) is 0 Å². The summed E-state index contributed by atoms with van der Waals surface area (Å²) in [7, 11) is 0. The number of nitrogens with two attached hydrogens (primary N) is 1. The van der Waals surface area contributed by atoms with Crippen LogP contribution in [0.4, 0.5) is 0 Å². The van der Waals surface area contributed by atoms with Gasteiger partial charge in [-0.25, -0.2) is 4.98 Å². The first-order valence-electron chi connectivity index (χ1n) is 6.13. The molecule has 3 N–H and O–H groups in total. The highest BCUT2D eigenvalue weighted by Crippen LogP contribution is 2.28. The average Bonchev–Trinajstić information content (AvgIpc) is 2.62. The number of carbonyl (C=O) groups excluding carboxylic acids is 1. The molecule has 0 bridgehead atoms. The second kappa shape index (κ2) is 5.36. The van der Waals surface area contributed by atoms with E-state index >= 15 is 0 Å². The van der Waals surface area contributed by atoms with Crippen molar-refractivity contribution >= 4 is 17.2 Å².